The zero-order valence-electron chi connectivity index (χ0n) is 10.8. The fourth-order valence-corrected chi connectivity index (χ4v) is 4.20. The Hall–Kier alpha value is -0.840. The van der Waals surface area contributed by atoms with Gasteiger partial charge in [0.15, 0.2) is 9.84 Å². The fourth-order valence-electron chi connectivity index (χ4n) is 2.80. The highest BCUT2D eigenvalue weighted by atomic mass is 32.2. The van der Waals surface area contributed by atoms with Crippen molar-refractivity contribution < 1.29 is 13.2 Å². The summed E-state index contributed by atoms with van der Waals surface area (Å²) < 4.78 is 22.5. The van der Waals surface area contributed by atoms with Gasteiger partial charge >= 0.3 is 0 Å². The molecule has 1 aliphatic heterocycles. The lowest BCUT2D eigenvalue weighted by Crippen LogP contribution is -2.41. The Morgan fingerprint density at radius 2 is 2.06 bits per heavy atom. The number of carbonyl (C=O) groups is 1. The van der Waals surface area contributed by atoms with E-state index in [4.69, 9.17) is 0 Å². The molecule has 3 unspecified atom stereocenters. The molecule has 0 bridgehead atoms. The fraction of sp³-hybridized carbons (Fsp3) is 0.769. The van der Waals surface area contributed by atoms with E-state index in [-0.39, 0.29) is 23.6 Å². The van der Waals surface area contributed by atoms with Crippen molar-refractivity contribution in [1.29, 1.82) is 0 Å². The minimum absolute atomic E-state index is 0.0134. The average Bonchev–Trinajstić information content (AvgIpc) is 2.61. The van der Waals surface area contributed by atoms with Crippen LogP contribution in [0.3, 0.4) is 0 Å². The number of amides is 1. The first-order chi connectivity index (χ1) is 8.46. The maximum Gasteiger partial charge on any atom is 0.220 e. The van der Waals surface area contributed by atoms with Gasteiger partial charge in [0.25, 0.3) is 0 Å². The molecule has 0 spiro atoms. The molecule has 1 saturated carbocycles. The summed E-state index contributed by atoms with van der Waals surface area (Å²) in [7, 11) is -3.05. The third-order valence-corrected chi connectivity index (χ3v) is 5.37. The van der Waals surface area contributed by atoms with E-state index >= 15 is 0 Å². The molecule has 5 heteroatoms. The molecule has 0 saturated heterocycles. The summed E-state index contributed by atoms with van der Waals surface area (Å²) in [6.07, 6.45) is 6.57. The molecule has 0 radical (unpaired) electrons. The Morgan fingerprint density at radius 1 is 1.33 bits per heavy atom. The average molecular weight is 271 g/mol. The van der Waals surface area contributed by atoms with Crippen LogP contribution >= 0.6 is 0 Å². The molecule has 18 heavy (non-hydrogen) atoms. The number of hydrogen-bond acceptors (Lipinski definition) is 3. The predicted molar refractivity (Wildman–Crippen MR) is 70.6 cm³/mol. The molecule has 1 N–H and O–H groups in total. The van der Waals surface area contributed by atoms with E-state index in [2.05, 4.69) is 12.2 Å². The summed E-state index contributed by atoms with van der Waals surface area (Å²) in [5.74, 6) is 0.459. The highest BCUT2D eigenvalue weighted by Crippen LogP contribution is 2.24. The van der Waals surface area contributed by atoms with Gasteiger partial charge in [-0.3, -0.25) is 4.79 Å². The lowest BCUT2D eigenvalue weighted by Gasteiger charge is -2.29. The Bertz CT molecular complexity index is 441. The highest BCUT2D eigenvalue weighted by Gasteiger charge is 2.26. The summed E-state index contributed by atoms with van der Waals surface area (Å²) >= 11 is 0. The maximum atomic E-state index is 11.9. The van der Waals surface area contributed by atoms with Crippen molar-refractivity contribution in [3.63, 3.8) is 0 Å². The molecule has 1 fully saturated rings. The van der Waals surface area contributed by atoms with Crippen LogP contribution < -0.4 is 5.32 Å². The van der Waals surface area contributed by atoms with E-state index in [1.165, 1.54) is 24.7 Å². The minimum atomic E-state index is -3.05. The van der Waals surface area contributed by atoms with Crippen molar-refractivity contribution in [2.24, 2.45) is 11.8 Å². The summed E-state index contributed by atoms with van der Waals surface area (Å²) in [6.45, 7) is 2.17. The molecular formula is C13H21NO3S. The van der Waals surface area contributed by atoms with Crippen molar-refractivity contribution in [2.75, 3.05) is 5.75 Å². The Balaban J connectivity index is 1.80. The van der Waals surface area contributed by atoms with Crippen LogP contribution in [0.1, 0.15) is 39.0 Å². The van der Waals surface area contributed by atoms with Gasteiger partial charge < -0.3 is 5.32 Å². The van der Waals surface area contributed by atoms with E-state index in [1.807, 2.05) is 0 Å². The van der Waals surface area contributed by atoms with Gasteiger partial charge in [0.1, 0.15) is 0 Å². The van der Waals surface area contributed by atoms with E-state index in [9.17, 15) is 13.2 Å². The van der Waals surface area contributed by atoms with Crippen LogP contribution in [-0.4, -0.2) is 26.1 Å². The molecule has 102 valence electrons. The van der Waals surface area contributed by atoms with Crippen molar-refractivity contribution >= 4 is 15.7 Å². The van der Waals surface area contributed by atoms with Gasteiger partial charge in [0, 0.05) is 23.8 Å². The van der Waals surface area contributed by atoms with Crippen molar-refractivity contribution in [1.82, 2.24) is 5.32 Å². The van der Waals surface area contributed by atoms with E-state index in [0.29, 0.717) is 12.3 Å². The number of sulfone groups is 1. The zero-order chi connectivity index (χ0) is 13.2. The SMILES string of the molecule is CC1CCCCC1NC(=O)CC1C=CS(=O)(=O)C1. The van der Waals surface area contributed by atoms with Gasteiger partial charge in [-0.2, -0.15) is 0 Å². The zero-order valence-corrected chi connectivity index (χ0v) is 11.6. The van der Waals surface area contributed by atoms with E-state index < -0.39 is 9.84 Å². The first-order valence-electron chi connectivity index (χ1n) is 6.66. The molecular weight excluding hydrogens is 250 g/mol. The van der Waals surface area contributed by atoms with Gasteiger partial charge in [-0.25, -0.2) is 8.42 Å². The molecule has 0 aromatic carbocycles. The van der Waals surface area contributed by atoms with Crippen LogP contribution in [0, 0.1) is 11.8 Å². The van der Waals surface area contributed by atoms with Gasteiger partial charge in [0.05, 0.1) is 5.75 Å². The van der Waals surface area contributed by atoms with Crippen LogP contribution in [0.15, 0.2) is 11.5 Å². The summed E-state index contributed by atoms with van der Waals surface area (Å²) in [5, 5.41) is 4.29. The Morgan fingerprint density at radius 3 is 2.67 bits per heavy atom. The Labute approximate surface area is 109 Å². The van der Waals surface area contributed by atoms with Crippen molar-refractivity contribution in [3.8, 4) is 0 Å². The molecule has 2 aliphatic rings. The lowest BCUT2D eigenvalue weighted by molar-refractivity contribution is -0.122. The van der Waals surface area contributed by atoms with Crippen molar-refractivity contribution in [3.05, 3.63) is 11.5 Å². The van der Waals surface area contributed by atoms with Gasteiger partial charge in [-0.15, -0.1) is 0 Å². The molecule has 1 heterocycles. The standard InChI is InChI=1S/C13H21NO3S/c1-10-4-2-3-5-12(10)14-13(15)8-11-6-7-18(16,17)9-11/h6-7,10-12H,2-5,8-9H2,1H3,(H,14,15). The monoisotopic (exact) mass is 271 g/mol. The highest BCUT2D eigenvalue weighted by molar-refractivity contribution is 7.94. The summed E-state index contributed by atoms with van der Waals surface area (Å²) in [6, 6.07) is 0.272. The second-order valence-electron chi connectivity index (χ2n) is 5.56. The molecule has 3 atom stereocenters. The van der Waals surface area contributed by atoms with Gasteiger partial charge in [0.2, 0.25) is 5.91 Å². The number of rotatable bonds is 3. The van der Waals surface area contributed by atoms with Crippen molar-refractivity contribution in [2.45, 2.75) is 45.1 Å². The third-order valence-electron chi connectivity index (χ3n) is 3.91. The summed E-state index contributed by atoms with van der Waals surface area (Å²) in [5.41, 5.74) is 0. The minimum Gasteiger partial charge on any atom is -0.353 e. The number of carbonyl (C=O) groups excluding carboxylic acids is 1. The number of nitrogens with one attached hydrogen (secondary N) is 1. The largest absolute Gasteiger partial charge is 0.353 e. The van der Waals surface area contributed by atoms with E-state index in [1.54, 1.807) is 6.08 Å². The maximum absolute atomic E-state index is 11.9. The second-order valence-corrected chi connectivity index (χ2v) is 7.49. The van der Waals surface area contributed by atoms with Crippen LogP contribution in [0.25, 0.3) is 0 Å². The second kappa shape index (κ2) is 5.43. The predicted octanol–water partition coefficient (Wildman–Crippen LogP) is 1.63. The number of hydrogen-bond donors (Lipinski definition) is 1. The molecule has 0 aromatic rings. The van der Waals surface area contributed by atoms with Crippen LogP contribution in [0.5, 0.6) is 0 Å². The first kappa shape index (κ1) is 13.6. The van der Waals surface area contributed by atoms with Crippen LogP contribution in [0.4, 0.5) is 0 Å². The lowest BCUT2D eigenvalue weighted by atomic mass is 9.86. The van der Waals surface area contributed by atoms with Gasteiger partial charge in [-0.05, 0) is 18.8 Å². The first-order valence-corrected chi connectivity index (χ1v) is 8.38. The quantitative estimate of drug-likeness (QED) is 0.848. The normalized spacial score (nSPS) is 34.4. The number of allylic oxidation sites excluding steroid dienone is 1. The Kier molecular flexibility index (Phi) is 4.10. The topological polar surface area (TPSA) is 63.2 Å². The van der Waals surface area contributed by atoms with Crippen LogP contribution in [-0.2, 0) is 14.6 Å². The summed E-state index contributed by atoms with van der Waals surface area (Å²) in [4.78, 5) is 11.9. The molecule has 0 aromatic heterocycles. The third kappa shape index (κ3) is 3.57. The molecule has 4 nitrogen and oxygen atoms in total. The smallest absolute Gasteiger partial charge is 0.220 e. The van der Waals surface area contributed by atoms with E-state index in [0.717, 1.165) is 6.42 Å². The molecule has 2 rings (SSSR count). The van der Waals surface area contributed by atoms with Gasteiger partial charge in [-0.1, -0.05) is 25.8 Å². The molecule has 1 aliphatic carbocycles. The molecule has 1 amide bonds. The van der Waals surface area contributed by atoms with Crippen LogP contribution in [0.2, 0.25) is 0 Å².